The van der Waals surface area contributed by atoms with E-state index < -0.39 is 0 Å². The molecule has 3 aromatic carbocycles. The van der Waals surface area contributed by atoms with Gasteiger partial charge < -0.3 is 19.5 Å². The van der Waals surface area contributed by atoms with Crippen LogP contribution in [0, 0.1) is 6.92 Å². The first-order valence-corrected chi connectivity index (χ1v) is 11.2. The third-order valence-electron chi connectivity index (χ3n) is 5.00. The number of rotatable bonds is 8. The number of thiazole rings is 1. The third kappa shape index (κ3) is 5.26. The largest absolute Gasteiger partial charge is 0.497 e. The molecule has 2 N–H and O–H groups in total. The molecule has 0 atom stereocenters. The second-order valence-electron chi connectivity index (χ2n) is 7.33. The predicted molar refractivity (Wildman–Crippen MR) is 132 cm³/mol. The summed E-state index contributed by atoms with van der Waals surface area (Å²) in [5, 5.41) is 6.09. The lowest BCUT2D eigenvalue weighted by Crippen LogP contribution is -2.20. The number of fused-ring (bicyclic) bond motifs is 1. The van der Waals surface area contributed by atoms with Crippen LogP contribution in [0.2, 0.25) is 0 Å². The molecule has 0 aliphatic carbocycles. The van der Waals surface area contributed by atoms with Gasteiger partial charge >= 0.3 is 0 Å². The second kappa shape index (κ2) is 10.2. The lowest BCUT2D eigenvalue weighted by Gasteiger charge is -2.12. The molecular weight excluding hydrogens is 454 g/mol. The number of aryl methyl sites for hydroxylation is 1. The van der Waals surface area contributed by atoms with Gasteiger partial charge in [0.2, 0.25) is 0 Å². The van der Waals surface area contributed by atoms with Gasteiger partial charge in [-0.2, -0.15) is 0 Å². The summed E-state index contributed by atoms with van der Waals surface area (Å²) >= 11 is 1.41. The van der Waals surface area contributed by atoms with Gasteiger partial charge in [-0.05, 0) is 61.0 Å². The molecule has 0 bridgehead atoms. The number of hydrogen-bond acceptors (Lipinski definition) is 7. The summed E-state index contributed by atoms with van der Waals surface area (Å²) in [6, 6.07) is 17.6. The van der Waals surface area contributed by atoms with Gasteiger partial charge in [0, 0.05) is 11.3 Å². The summed E-state index contributed by atoms with van der Waals surface area (Å²) in [6.45, 7) is 1.76. The number of para-hydroxylation sites is 1. The molecule has 0 radical (unpaired) electrons. The van der Waals surface area contributed by atoms with Crippen molar-refractivity contribution in [3.8, 4) is 17.2 Å². The molecule has 0 spiro atoms. The van der Waals surface area contributed by atoms with E-state index in [-0.39, 0.29) is 18.4 Å². The number of amides is 2. The number of methoxy groups -OCH3 is 2. The smallest absolute Gasteiger partial charge is 0.262 e. The Hall–Kier alpha value is -4.11. The Balaban J connectivity index is 1.39. The maximum absolute atomic E-state index is 12.8. The summed E-state index contributed by atoms with van der Waals surface area (Å²) in [6.07, 6.45) is 0. The van der Waals surface area contributed by atoms with Gasteiger partial charge in [-0.3, -0.25) is 14.9 Å². The van der Waals surface area contributed by atoms with E-state index in [1.165, 1.54) is 18.4 Å². The van der Waals surface area contributed by atoms with Gasteiger partial charge in [-0.15, -0.1) is 0 Å². The average molecular weight is 478 g/mol. The Morgan fingerprint density at radius 2 is 1.74 bits per heavy atom. The van der Waals surface area contributed by atoms with Crippen molar-refractivity contribution in [2.24, 2.45) is 0 Å². The first-order chi connectivity index (χ1) is 16.5. The van der Waals surface area contributed by atoms with E-state index in [0.717, 1.165) is 15.8 Å². The normalized spacial score (nSPS) is 10.6. The van der Waals surface area contributed by atoms with Crippen molar-refractivity contribution >= 4 is 44.2 Å². The van der Waals surface area contributed by atoms with Crippen molar-refractivity contribution in [1.82, 2.24) is 4.98 Å². The van der Waals surface area contributed by atoms with Crippen molar-refractivity contribution in [2.45, 2.75) is 6.92 Å². The molecule has 1 heterocycles. The molecule has 0 fully saturated rings. The molecular formula is C25H23N3O5S. The number of nitrogens with one attached hydrogen (secondary N) is 2. The maximum Gasteiger partial charge on any atom is 0.262 e. The molecule has 0 aliphatic rings. The van der Waals surface area contributed by atoms with Gasteiger partial charge in [0.15, 0.2) is 23.2 Å². The minimum Gasteiger partial charge on any atom is -0.497 e. The van der Waals surface area contributed by atoms with E-state index in [9.17, 15) is 9.59 Å². The SMILES string of the molecule is COc1ccc(NC(=O)COc2ccc(C(=O)Nc3nc4c(C)cccc4s3)cc2OC)cc1. The van der Waals surface area contributed by atoms with Crippen molar-refractivity contribution in [2.75, 3.05) is 31.5 Å². The van der Waals surface area contributed by atoms with Crippen LogP contribution in [0.3, 0.4) is 0 Å². The molecule has 4 rings (SSSR count). The number of nitrogens with zero attached hydrogens (tertiary/aromatic N) is 1. The molecule has 0 unspecified atom stereocenters. The highest BCUT2D eigenvalue weighted by Gasteiger charge is 2.15. The van der Waals surface area contributed by atoms with Crippen LogP contribution in [0.4, 0.5) is 10.8 Å². The second-order valence-corrected chi connectivity index (χ2v) is 8.36. The first-order valence-electron chi connectivity index (χ1n) is 10.4. The van der Waals surface area contributed by atoms with Crippen molar-refractivity contribution in [3.05, 3.63) is 71.8 Å². The minimum atomic E-state index is -0.333. The fourth-order valence-corrected chi connectivity index (χ4v) is 4.19. The fourth-order valence-electron chi connectivity index (χ4n) is 3.25. The van der Waals surface area contributed by atoms with Crippen LogP contribution >= 0.6 is 11.3 Å². The summed E-state index contributed by atoms with van der Waals surface area (Å²) in [4.78, 5) is 29.5. The Bertz CT molecular complexity index is 1330. The summed E-state index contributed by atoms with van der Waals surface area (Å²) in [7, 11) is 3.04. The third-order valence-corrected chi connectivity index (χ3v) is 5.94. The molecule has 34 heavy (non-hydrogen) atoms. The lowest BCUT2D eigenvalue weighted by molar-refractivity contribution is -0.118. The molecule has 2 amide bonds. The molecule has 1 aromatic heterocycles. The van der Waals surface area contributed by atoms with Gasteiger partial charge in [-0.1, -0.05) is 23.5 Å². The molecule has 174 valence electrons. The van der Waals surface area contributed by atoms with Crippen LogP contribution in [-0.2, 0) is 4.79 Å². The Kier molecular flexibility index (Phi) is 6.93. The quantitative estimate of drug-likeness (QED) is 0.375. The number of ether oxygens (including phenoxy) is 3. The molecule has 4 aromatic rings. The molecule has 0 aliphatic heterocycles. The number of hydrogen-bond donors (Lipinski definition) is 2. The maximum atomic E-state index is 12.8. The van der Waals surface area contributed by atoms with Crippen molar-refractivity contribution < 1.29 is 23.8 Å². The van der Waals surface area contributed by atoms with E-state index in [2.05, 4.69) is 15.6 Å². The zero-order valence-corrected chi connectivity index (χ0v) is 19.7. The number of carbonyl (C=O) groups excluding carboxylic acids is 2. The van der Waals surface area contributed by atoms with Gasteiger partial charge in [0.25, 0.3) is 11.8 Å². The molecule has 8 nitrogen and oxygen atoms in total. The predicted octanol–water partition coefficient (Wildman–Crippen LogP) is 4.89. The van der Waals surface area contributed by atoms with Crippen LogP contribution in [0.5, 0.6) is 17.2 Å². The lowest BCUT2D eigenvalue weighted by atomic mass is 10.2. The zero-order valence-electron chi connectivity index (χ0n) is 18.9. The number of anilines is 2. The van der Waals surface area contributed by atoms with Gasteiger partial charge in [0.1, 0.15) is 5.75 Å². The Morgan fingerprint density at radius 1 is 0.941 bits per heavy atom. The summed E-state index contributed by atoms with van der Waals surface area (Å²) < 4.78 is 17.1. The number of benzene rings is 3. The minimum absolute atomic E-state index is 0.223. The first kappa shape index (κ1) is 23.1. The summed E-state index contributed by atoms with van der Waals surface area (Å²) in [5.41, 5.74) is 2.92. The van der Waals surface area contributed by atoms with E-state index in [0.29, 0.717) is 33.6 Å². The van der Waals surface area contributed by atoms with Crippen LogP contribution in [0.25, 0.3) is 10.2 Å². The highest BCUT2D eigenvalue weighted by molar-refractivity contribution is 7.22. The Labute approximate surface area is 200 Å². The standard InChI is InChI=1S/C25H23N3O5S/c1-15-5-4-6-21-23(15)27-25(34-21)28-24(30)16-7-12-19(20(13-16)32-3)33-14-22(29)26-17-8-10-18(31-2)11-9-17/h4-13H,14H2,1-3H3,(H,26,29)(H,27,28,30). The van der Waals surface area contributed by atoms with E-state index >= 15 is 0 Å². The Morgan fingerprint density at radius 3 is 2.44 bits per heavy atom. The highest BCUT2D eigenvalue weighted by Crippen LogP contribution is 2.30. The molecule has 0 saturated carbocycles. The zero-order chi connectivity index (χ0) is 24.1. The van der Waals surface area contributed by atoms with E-state index in [1.54, 1.807) is 49.6 Å². The van der Waals surface area contributed by atoms with Crippen LogP contribution in [-0.4, -0.2) is 37.6 Å². The molecule has 0 saturated heterocycles. The number of carbonyl (C=O) groups is 2. The van der Waals surface area contributed by atoms with E-state index in [4.69, 9.17) is 14.2 Å². The van der Waals surface area contributed by atoms with Crippen LogP contribution in [0.1, 0.15) is 15.9 Å². The monoisotopic (exact) mass is 477 g/mol. The highest BCUT2D eigenvalue weighted by atomic mass is 32.1. The van der Waals surface area contributed by atoms with Gasteiger partial charge in [0.05, 0.1) is 24.4 Å². The van der Waals surface area contributed by atoms with E-state index in [1.807, 2.05) is 25.1 Å². The van der Waals surface area contributed by atoms with Gasteiger partial charge in [-0.25, -0.2) is 4.98 Å². The van der Waals surface area contributed by atoms with Crippen molar-refractivity contribution in [1.29, 1.82) is 0 Å². The van der Waals surface area contributed by atoms with Crippen molar-refractivity contribution in [3.63, 3.8) is 0 Å². The average Bonchev–Trinajstić information content (AvgIpc) is 3.27. The summed E-state index contributed by atoms with van der Waals surface area (Å²) in [5.74, 6) is 0.727. The van der Waals surface area contributed by atoms with Crippen LogP contribution < -0.4 is 24.8 Å². The fraction of sp³-hybridized carbons (Fsp3) is 0.160. The molecule has 9 heteroatoms. The number of aromatic nitrogens is 1. The van der Waals surface area contributed by atoms with Crippen LogP contribution in [0.15, 0.2) is 60.7 Å². The topological polar surface area (TPSA) is 98.8 Å².